The molecular weight excluding hydrogens is 340 g/mol. The third kappa shape index (κ3) is 3.89. The van der Waals surface area contributed by atoms with Crippen molar-refractivity contribution in [2.24, 2.45) is 5.92 Å². The van der Waals surface area contributed by atoms with Crippen molar-refractivity contribution >= 4 is 11.8 Å². The van der Waals surface area contributed by atoms with Gasteiger partial charge in [-0.3, -0.25) is 9.59 Å². The molecule has 1 aromatic heterocycles. The Morgan fingerprint density at radius 2 is 2.11 bits per heavy atom. The van der Waals surface area contributed by atoms with Gasteiger partial charge in [-0.15, -0.1) is 0 Å². The van der Waals surface area contributed by atoms with Crippen LogP contribution in [0.15, 0.2) is 36.7 Å². The summed E-state index contributed by atoms with van der Waals surface area (Å²) in [5, 5.41) is 3.11. The van der Waals surface area contributed by atoms with Crippen LogP contribution in [0.25, 0.3) is 0 Å². The largest absolute Gasteiger partial charge is 0.348 e. The summed E-state index contributed by atoms with van der Waals surface area (Å²) in [6.45, 7) is 4.07. The maximum Gasteiger partial charge on any atom is 0.251 e. The lowest BCUT2D eigenvalue weighted by molar-refractivity contribution is -0.138. The van der Waals surface area contributed by atoms with Gasteiger partial charge in [-0.1, -0.05) is 17.7 Å². The van der Waals surface area contributed by atoms with Gasteiger partial charge < -0.3 is 14.8 Å². The van der Waals surface area contributed by atoms with Gasteiger partial charge in [0.25, 0.3) is 5.91 Å². The van der Waals surface area contributed by atoms with Gasteiger partial charge in [0.15, 0.2) is 0 Å². The Bertz CT molecular complexity index is 844. The molecule has 0 spiro atoms. The molecule has 6 nitrogen and oxygen atoms in total. The molecule has 27 heavy (non-hydrogen) atoms. The number of carbonyl (C=O) groups excluding carboxylic acids is 2. The Kier molecular flexibility index (Phi) is 4.97. The van der Waals surface area contributed by atoms with Gasteiger partial charge in [-0.05, 0) is 38.3 Å². The molecule has 6 heteroatoms. The summed E-state index contributed by atoms with van der Waals surface area (Å²) in [5.41, 5.74) is 1.75. The van der Waals surface area contributed by atoms with Crippen LogP contribution in [0, 0.1) is 12.8 Å². The number of amides is 2. The van der Waals surface area contributed by atoms with Crippen LogP contribution in [0.3, 0.4) is 0 Å². The summed E-state index contributed by atoms with van der Waals surface area (Å²) in [7, 11) is 0. The fourth-order valence-corrected chi connectivity index (χ4v) is 4.18. The number of hydrogen-bond donors (Lipinski definition) is 1. The highest BCUT2D eigenvalue weighted by Crippen LogP contribution is 2.23. The maximum absolute atomic E-state index is 13.0. The minimum Gasteiger partial charge on any atom is -0.348 e. The number of aryl methyl sites for hydroxylation is 2. The Balaban J connectivity index is 1.36. The first kappa shape index (κ1) is 17.8. The van der Waals surface area contributed by atoms with E-state index in [1.54, 1.807) is 6.20 Å². The predicted molar refractivity (Wildman–Crippen MR) is 102 cm³/mol. The van der Waals surface area contributed by atoms with E-state index in [9.17, 15) is 9.59 Å². The summed E-state index contributed by atoms with van der Waals surface area (Å²) in [4.78, 5) is 31.8. The van der Waals surface area contributed by atoms with Gasteiger partial charge in [0.2, 0.25) is 5.91 Å². The third-order valence-electron chi connectivity index (χ3n) is 5.63. The minimum atomic E-state index is -0.0567. The lowest BCUT2D eigenvalue weighted by Gasteiger charge is -2.36. The van der Waals surface area contributed by atoms with Crippen LogP contribution in [-0.4, -0.2) is 45.4 Å². The summed E-state index contributed by atoms with van der Waals surface area (Å²) < 4.78 is 2.09. The van der Waals surface area contributed by atoms with Crippen LogP contribution < -0.4 is 5.32 Å². The molecule has 1 saturated heterocycles. The topological polar surface area (TPSA) is 67.2 Å². The van der Waals surface area contributed by atoms with E-state index < -0.39 is 0 Å². The highest BCUT2D eigenvalue weighted by atomic mass is 16.2. The van der Waals surface area contributed by atoms with Crippen LogP contribution in [0.5, 0.6) is 0 Å². The molecule has 1 N–H and O–H groups in total. The lowest BCUT2D eigenvalue weighted by Crippen LogP contribution is -2.51. The van der Waals surface area contributed by atoms with Crippen molar-refractivity contribution in [1.29, 1.82) is 0 Å². The Morgan fingerprint density at radius 3 is 2.96 bits per heavy atom. The first-order valence-electron chi connectivity index (χ1n) is 9.76. The molecule has 3 heterocycles. The summed E-state index contributed by atoms with van der Waals surface area (Å²) >= 11 is 0. The molecule has 0 radical (unpaired) electrons. The number of carbonyl (C=O) groups is 2. The number of nitrogens with zero attached hydrogens (tertiary/aromatic N) is 3. The second-order valence-electron chi connectivity index (χ2n) is 7.70. The molecule has 142 valence electrons. The second-order valence-corrected chi connectivity index (χ2v) is 7.70. The van der Waals surface area contributed by atoms with Crippen molar-refractivity contribution in [3.8, 4) is 0 Å². The molecule has 0 bridgehead atoms. The summed E-state index contributed by atoms with van der Waals surface area (Å²) in [6.07, 6.45) is 7.30. The number of imidazole rings is 1. The Morgan fingerprint density at radius 1 is 1.22 bits per heavy atom. The number of aromatic nitrogens is 2. The van der Waals surface area contributed by atoms with Gasteiger partial charge >= 0.3 is 0 Å². The number of piperidine rings is 1. The van der Waals surface area contributed by atoms with E-state index in [4.69, 9.17) is 0 Å². The van der Waals surface area contributed by atoms with Crippen LogP contribution in [-0.2, 0) is 17.8 Å². The zero-order chi connectivity index (χ0) is 18.8. The van der Waals surface area contributed by atoms with Gasteiger partial charge in [-0.2, -0.15) is 0 Å². The van der Waals surface area contributed by atoms with E-state index in [0.29, 0.717) is 18.7 Å². The van der Waals surface area contributed by atoms with Gasteiger partial charge in [-0.25, -0.2) is 4.98 Å². The average molecular weight is 366 g/mol. The summed E-state index contributed by atoms with van der Waals surface area (Å²) in [5.74, 6) is 1.24. The number of hydrogen-bond acceptors (Lipinski definition) is 3. The van der Waals surface area contributed by atoms with Crippen molar-refractivity contribution in [3.05, 3.63) is 53.6 Å². The number of nitrogens with one attached hydrogen (secondary N) is 1. The van der Waals surface area contributed by atoms with Crippen LogP contribution in [0.1, 0.15) is 41.0 Å². The standard InChI is InChI=1S/C21H26N4O2/c1-15-4-2-5-16(12-15)20(26)23-18-6-3-10-25(14-18)21(27)17-7-8-19-22-9-11-24(19)13-17/h2,4-5,9,11-12,17-18H,3,6-8,10,13-14H2,1H3,(H,23,26)/t17?,18-/m1/s1. The molecule has 4 rings (SSSR count). The Hall–Kier alpha value is -2.63. The van der Waals surface area contributed by atoms with Crippen LogP contribution in [0.2, 0.25) is 0 Å². The normalized spacial score (nSPS) is 22.2. The van der Waals surface area contributed by atoms with Crippen molar-refractivity contribution in [1.82, 2.24) is 19.8 Å². The average Bonchev–Trinajstić information content (AvgIpc) is 3.15. The zero-order valence-corrected chi connectivity index (χ0v) is 15.7. The fourth-order valence-electron chi connectivity index (χ4n) is 4.18. The smallest absolute Gasteiger partial charge is 0.251 e. The first-order valence-corrected chi connectivity index (χ1v) is 9.76. The van der Waals surface area contributed by atoms with Gasteiger partial charge in [0.1, 0.15) is 5.82 Å². The fraction of sp³-hybridized carbons (Fsp3) is 0.476. The van der Waals surface area contributed by atoms with E-state index in [1.807, 2.05) is 42.3 Å². The number of fused-ring (bicyclic) bond motifs is 1. The third-order valence-corrected chi connectivity index (χ3v) is 5.63. The molecule has 0 saturated carbocycles. The Labute approximate surface area is 159 Å². The van der Waals surface area contributed by atoms with Crippen LogP contribution in [0.4, 0.5) is 0 Å². The SMILES string of the molecule is Cc1cccc(C(=O)N[C@@H]2CCCN(C(=O)C3CCc4nccn4C3)C2)c1. The number of likely N-dealkylation sites (tertiary alicyclic amines) is 1. The first-order chi connectivity index (χ1) is 13.1. The van der Waals surface area contributed by atoms with Crippen molar-refractivity contribution in [2.75, 3.05) is 13.1 Å². The van der Waals surface area contributed by atoms with Gasteiger partial charge in [0, 0.05) is 50.1 Å². The van der Waals surface area contributed by atoms with E-state index >= 15 is 0 Å². The van der Waals surface area contributed by atoms with Crippen molar-refractivity contribution in [2.45, 2.75) is 45.2 Å². The minimum absolute atomic E-state index is 0.0120. The zero-order valence-electron chi connectivity index (χ0n) is 15.7. The van der Waals surface area contributed by atoms with E-state index in [1.165, 1.54) is 0 Å². The number of rotatable bonds is 3. The molecule has 2 aliphatic rings. The van der Waals surface area contributed by atoms with E-state index in [0.717, 1.165) is 43.6 Å². The predicted octanol–water partition coefficient (Wildman–Crippen LogP) is 2.17. The monoisotopic (exact) mass is 366 g/mol. The molecule has 1 aromatic carbocycles. The molecule has 1 unspecified atom stereocenters. The quantitative estimate of drug-likeness (QED) is 0.905. The molecule has 0 aliphatic carbocycles. The molecule has 2 amide bonds. The molecule has 1 fully saturated rings. The van der Waals surface area contributed by atoms with E-state index in [2.05, 4.69) is 14.9 Å². The van der Waals surface area contributed by atoms with Crippen molar-refractivity contribution in [3.63, 3.8) is 0 Å². The lowest BCUT2D eigenvalue weighted by atomic mass is 9.96. The highest BCUT2D eigenvalue weighted by Gasteiger charge is 2.32. The molecule has 2 atom stereocenters. The number of benzene rings is 1. The molecular formula is C21H26N4O2. The summed E-state index contributed by atoms with van der Waals surface area (Å²) in [6, 6.07) is 7.62. The molecule has 2 aromatic rings. The van der Waals surface area contributed by atoms with Gasteiger partial charge in [0.05, 0.1) is 5.92 Å². The maximum atomic E-state index is 13.0. The van der Waals surface area contributed by atoms with Crippen LogP contribution >= 0.6 is 0 Å². The second kappa shape index (κ2) is 7.55. The van der Waals surface area contributed by atoms with E-state index in [-0.39, 0.29) is 23.8 Å². The van der Waals surface area contributed by atoms with Crippen molar-refractivity contribution < 1.29 is 9.59 Å². The molecule has 2 aliphatic heterocycles. The highest BCUT2D eigenvalue weighted by molar-refractivity contribution is 5.94.